The van der Waals surface area contributed by atoms with Crippen LogP contribution in [0.15, 0.2) is 24.3 Å². The largest absolute Gasteiger partial charge is 0.339 e. The van der Waals surface area contributed by atoms with Crippen LogP contribution in [-0.2, 0) is 4.79 Å². The minimum atomic E-state index is -0.0876. The van der Waals surface area contributed by atoms with E-state index in [2.05, 4.69) is 4.90 Å². The SMILES string of the molecule is O=C(c1sc2ccccc2c1Cl)N1CCN(C(=O)C23CC4CC(CC(C4)C2)C3)CC1. The Hall–Kier alpha value is -1.59. The number of amides is 2. The lowest BCUT2D eigenvalue weighted by Crippen LogP contribution is -2.58. The van der Waals surface area contributed by atoms with Crippen LogP contribution in [0.25, 0.3) is 10.1 Å². The van der Waals surface area contributed by atoms with Gasteiger partial charge in [0, 0.05) is 36.3 Å². The van der Waals surface area contributed by atoms with E-state index in [-0.39, 0.29) is 11.3 Å². The first-order valence-electron chi connectivity index (χ1n) is 11.3. The van der Waals surface area contributed by atoms with E-state index in [1.807, 2.05) is 29.2 Å². The number of thiophene rings is 1. The summed E-state index contributed by atoms with van der Waals surface area (Å²) in [5.41, 5.74) is -0.0876. The molecule has 4 aliphatic carbocycles. The van der Waals surface area contributed by atoms with Crippen molar-refractivity contribution in [1.82, 2.24) is 9.80 Å². The zero-order valence-corrected chi connectivity index (χ0v) is 18.7. The van der Waals surface area contributed by atoms with Crippen molar-refractivity contribution in [3.63, 3.8) is 0 Å². The number of piperazine rings is 1. The minimum Gasteiger partial charge on any atom is -0.339 e. The molecule has 5 fully saturated rings. The van der Waals surface area contributed by atoms with Crippen LogP contribution in [-0.4, -0.2) is 47.8 Å². The molecule has 1 aromatic heterocycles. The Bertz CT molecular complexity index is 988. The summed E-state index contributed by atoms with van der Waals surface area (Å²) in [5, 5.41) is 1.51. The Morgan fingerprint density at radius 2 is 1.47 bits per heavy atom. The van der Waals surface area contributed by atoms with Gasteiger partial charge in [-0.05, 0) is 62.3 Å². The normalized spacial score (nSPS) is 32.8. The molecule has 4 nitrogen and oxygen atoms in total. The molecular formula is C24H27ClN2O2S. The van der Waals surface area contributed by atoms with Gasteiger partial charge in [-0.1, -0.05) is 29.8 Å². The first-order valence-corrected chi connectivity index (χ1v) is 12.5. The number of hydrogen-bond acceptors (Lipinski definition) is 3. The maximum Gasteiger partial charge on any atom is 0.265 e. The maximum atomic E-state index is 13.6. The van der Waals surface area contributed by atoms with Crippen LogP contribution in [0.2, 0.25) is 5.02 Å². The molecule has 4 saturated carbocycles. The number of fused-ring (bicyclic) bond motifs is 1. The fourth-order valence-electron chi connectivity index (χ4n) is 7.12. The summed E-state index contributed by atoms with van der Waals surface area (Å²) >= 11 is 7.99. The highest BCUT2D eigenvalue weighted by molar-refractivity contribution is 7.21. The summed E-state index contributed by atoms with van der Waals surface area (Å²) in [4.78, 5) is 31.3. The molecule has 6 heteroatoms. The Morgan fingerprint density at radius 3 is 2.07 bits per heavy atom. The van der Waals surface area contributed by atoms with Crippen molar-refractivity contribution in [2.24, 2.45) is 23.2 Å². The zero-order chi connectivity index (χ0) is 20.5. The van der Waals surface area contributed by atoms with Gasteiger partial charge in [0.25, 0.3) is 5.91 Å². The molecule has 4 bridgehead atoms. The molecule has 1 aliphatic heterocycles. The van der Waals surface area contributed by atoms with E-state index in [1.165, 1.54) is 30.6 Å². The summed E-state index contributed by atoms with van der Waals surface area (Å²) in [6, 6.07) is 7.89. The topological polar surface area (TPSA) is 40.6 Å². The zero-order valence-electron chi connectivity index (χ0n) is 17.1. The number of rotatable bonds is 2. The molecule has 0 atom stereocenters. The van der Waals surface area contributed by atoms with Gasteiger partial charge < -0.3 is 9.80 Å². The predicted molar refractivity (Wildman–Crippen MR) is 120 cm³/mol. The number of benzene rings is 1. The van der Waals surface area contributed by atoms with Gasteiger partial charge in [0.05, 0.1) is 10.4 Å². The molecule has 158 valence electrons. The van der Waals surface area contributed by atoms with Gasteiger partial charge in [-0.3, -0.25) is 9.59 Å². The van der Waals surface area contributed by atoms with Crippen molar-refractivity contribution < 1.29 is 9.59 Å². The van der Waals surface area contributed by atoms with Crippen LogP contribution >= 0.6 is 22.9 Å². The van der Waals surface area contributed by atoms with Crippen LogP contribution in [0, 0.1) is 23.2 Å². The average molecular weight is 443 g/mol. The second-order valence-electron chi connectivity index (χ2n) is 10.0. The number of carbonyl (C=O) groups is 2. The highest BCUT2D eigenvalue weighted by Gasteiger charge is 2.55. The fourth-order valence-corrected chi connectivity index (χ4v) is 8.60. The van der Waals surface area contributed by atoms with Gasteiger partial charge in [0.1, 0.15) is 4.88 Å². The molecule has 30 heavy (non-hydrogen) atoms. The lowest BCUT2D eigenvalue weighted by Gasteiger charge is -2.57. The molecule has 5 aliphatic rings. The van der Waals surface area contributed by atoms with Gasteiger partial charge in [0.2, 0.25) is 5.91 Å². The first kappa shape index (κ1) is 19.1. The van der Waals surface area contributed by atoms with E-state index in [9.17, 15) is 9.59 Å². The maximum absolute atomic E-state index is 13.6. The van der Waals surface area contributed by atoms with Crippen molar-refractivity contribution in [3.05, 3.63) is 34.2 Å². The van der Waals surface area contributed by atoms with Crippen LogP contribution in [0.4, 0.5) is 0 Å². The predicted octanol–water partition coefficient (Wildman–Crippen LogP) is 5.06. The quantitative estimate of drug-likeness (QED) is 0.652. The first-order chi connectivity index (χ1) is 14.5. The molecule has 0 unspecified atom stereocenters. The smallest absolute Gasteiger partial charge is 0.265 e. The molecule has 2 aromatic rings. The lowest BCUT2D eigenvalue weighted by atomic mass is 9.49. The monoisotopic (exact) mass is 442 g/mol. The van der Waals surface area contributed by atoms with Crippen molar-refractivity contribution in [3.8, 4) is 0 Å². The van der Waals surface area contributed by atoms with Crippen LogP contribution in [0.1, 0.15) is 48.2 Å². The number of carbonyl (C=O) groups excluding carboxylic acids is 2. The van der Waals surface area contributed by atoms with Gasteiger partial charge in [-0.25, -0.2) is 0 Å². The molecule has 0 spiro atoms. The third-order valence-corrected chi connectivity index (χ3v) is 9.74. The molecule has 0 radical (unpaired) electrons. The minimum absolute atomic E-state index is 0.00287. The average Bonchev–Trinajstić information content (AvgIpc) is 3.09. The van der Waals surface area contributed by atoms with Gasteiger partial charge in [0.15, 0.2) is 0 Å². The number of halogens is 1. The van der Waals surface area contributed by atoms with Crippen molar-refractivity contribution in [2.45, 2.75) is 38.5 Å². The van der Waals surface area contributed by atoms with E-state index in [4.69, 9.17) is 11.6 Å². The third-order valence-electron chi connectivity index (χ3n) is 8.08. The highest BCUT2D eigenvalue weighted by atomic mass is 35.5. The molecule has 2 amide bonds. The fraction of sp³-hybridized carbons (Fsp3) is 0.583. The van der Waals surface area contributed by atoms with E-state index >= 15 is 0 Å². The number of hydrogen-bond donors (Lipinski definition) is 0. The Balaban J connectivity index is 1.15. The molecule has 7 rings (SSSR count). The molecule has 2 heterocycles. The third kappa shape index (κ3) is 2.92. The summed E-state index contributed by atoms with van der Waals surface area (Å²) in [7, 11) is 0. The van der Waals surface area contributed by atoms with Crippen LogP contribution in [0.3, 0.4) is 0 Å². The van der Waals surface area contributed by atoms with E-state index in [1.54, 1.807) is 0 Å². The summed E-state index contributed by atoms with van der Waals surface area (Å²) in [6.45, 7) is 2.49. The van der Waals surface area contributed by atoms with Crippen LogP contribution in [0.5, 0.6) is 0 Å². The second-order valence-corrected chi connectivity index (χ2v) is 11.5. The van der Waals surface area contributed by atoms with Crippen molar-refractivity contribution in [2.75, 3.05) is 26.2 Å². The van der Waals surface area contributed by atoms with E-state index < -0.39 is 0 Å². The van der Waals surface area contributed by atoms with E-state index in [0.717, 1.165) is 47.1 Å². The molecule has 0 N–H and O–H groups in total. The van der Waals surface area contributed by atoms with Crippen molar-refractivity contribution in [1.29, 1.82) is 0 Å². The Kier molecular flexibility index (Phi) is 4.44. The Morgan fingerprint density at radius 1 is 0.900 bits per heavy atom. The van der Waals surface area contributed by atoms with Crippen LogP contribution < -0.4 is 0 Å². The Labute approximate surface area is 186 Å². The van der Waals surface area contributed by atoms with Crippen molar-refractivity contribution >= 4 is 44.8 Å². The van der Waals surface area contributed by atoms with Gasteiger partial charge in [-0.15, -0.1) is 11.3 Å². The lowest BCUT2D eigenvalue weighted by molar-refractivity contribution is -0.159. The number of nitrogens with zero attached hydrogens (tertiary/aromatic N) is 2. The van der Waals surface area contributed by atoms with Gasteiger partial charge in [-0.2, -0.15) is 0 Å². The molecular weight excluding hydrogens is 416 g/mol. The van der Waals surface area contributed by atoms with Gasteiger partial charge >= 0.3 is 0 Å². The highest BCUT2D eigenvalue weighted by Crippen LogP contribution is 2.60. The molecule has 1 aromatic carbocycles. The summed E-state index contributed by atoms with van der Waals surface area (Å²) in [6.07, 6.45) is 7.37. The second kappa shape index (κ2) is 6.96. The standard InChI is InChI=1S/C24H27ClN2O2S/c25-20-18-3-1-2-4-19(18)30-21(20)22(28)26-5-7-27(8-6-26)23(29)24-12-15-9-16(13-24)11-17(10-15)14-24/h1-4,15-17H,5-14H2. The van der Waals surface area contributed by atoms with E-state index in [0.29, 0.717) is 42.0 Å². The molecule has 1 saturated heterocycles. The summed E-state index contributed by atoms with van der Waals surface area (Å²) in [5.74, 6) is 2.71. The summed E-state index contributed by atoms with van der Waals surface area (Å²) < 4.78 is 1.04.